The van der Waals surface area contributed by atoms with E-state index in [0.717, 1.165) is 24.1 Å². The highest BCUT2D eigenvalue weighted by Crippen LogP contribution is 2.46. The van der Waals surface area contributed by atoms with Gasteiger partial charge >= 0.3 is 6.09 Å². The Bertz CT molecular complexity index is 592. The van der Waals surface area contributed by atoms with Gasteiger partial charge in [-0.05, 0) is 39.7 Å². The normalized spacial score (nSPS) is 20.1. The molecule has 2 aliphatic rings. The number of rotatable bonds is 0. The summed E-state index contributed by atoms with van der Waals surface area (Å²) in [5.41, 5.74) is 1.03. The molecule has 0 bridgehead atoms. The number of carbonyl (C=O) groups is 1. The number of hydrogen-bond donors (Lipinski definition) is 0. The first-order valence-corrected chi connectivity index (χ1v) is 7.94. The molecular weight excluding hydrogens is 304 g/mol. The van der Waals surface area contributed by atoms with Gasteiger partial charge in [0.2, 0.25) is 0 Å². The Morgan fingerprint density at radius 1 is 1.36 bits per heavy atom. The second-order valence-corrected chi connectivity index (χ2v) is 7.23. The van der Waals surface area contributed by atoms with Crippen LogP contribution in [0.3, 0.4) is 0 Å². The molecule has 120 valence electrons. The Balaban J connectivity index is 1.98. The molecule has 1 amide bonds. The van der Waals surface area contributed by atoms with Crippen molar-refractivity contribution in [1.82, 2.24) is 9.88 Å². The molecule has 1 spiro atoms. The first kappa shape index (κ1) is 15.6. The minimum absolute atomic E-state index is 0.302. The van der Waals surface area contributed by atoms with Crippen molar-refractivity contribution in [1.29, 1.82) is 0 Å². The third kappa shape index (κ3) is 2.68. The molecule has 0 unspecified atom stereocenters. The van der Waals surface area contributed by atoms with Gasteiger partial charge < -0.3 is 9.47 Å². The summed E-state index contributed by atoms with van der Waals surface area (Å²) in [6.45, 7) is 7.31. The van der Waals surface area contributed by atoms with Crippen molar-refractivity contribution in [2.24, 2.45) is 0 Å². The molecule has 6 heteroatoms. The molecule has 0 radical (unpaired) electrons. The standard InChI is InChI=1S/C16H21ClN2O3/c1-15(2,3)22-14(20)19-10-12-11(4-5-13(17)18-12)16(19)6-8-21-9-7-16/h4-5H,6-10H2,1-3H3. The van der Waals surface area contributed by atoms with Crippen LogP contribution in [0.2, 0.25) is 5.15 Å². The maximum atomic E-state index is 12.7. The van der Waals surface area contributed by atoms with E-state index in [0.29, 0.717) is 24.9 Å². The summed E-state index contributed by atoms with van der Waals surface area (Å²) >= 11 is 6.01. The summed E-state index contributed by atoms with van der Waals surface area (Å²) in [5.74, 6) is 0. The molecule has 3 heterocycles. The number of pyridine rings is 1. The van der Waals surface area contributed by atoms with Gasteiger partial charge in [-0.25, -0.2) is 9.78 Å². The van der Waals surface area contributed by atoms with Gasteiger partial charge in [-0.3, -0.25) is 4.90 Å². The highest BCUT2D eigenvalue weighted by Gasteiger charge is 2.50. The number of hydrogen-bond acceptors (Lipinski definition) is 4. The Hall–Kier alpha value is -1.33. The molecular formula is C16H21ClN2O3. The van der Waals surface area contributed by atoms with Crippen LogP contribution in [0.25, 0.3) is 0 Å². The van der Waals surface area contributed by atoms with Crippen molar-refractivity contribution in [3.63, 3.8) is 0 Å². The number of halogens is 1. The second kappa shape index (κ2) is 5.39. The summed E-state index contributed by atoms with van der Waals surface area (Å²) in [6.07, 6.45) is 1.20. The molecule has 22 heavy (non-hydrogen) atoms. The number of ether oxygens (including phenoxy) is 2. The maximum absolute atomic E-state index is 12.7. The maximum Gasteiger partial charge on any atom is 0.411 e. The van der Waals surface area contributed by atoms with E-state index in [4.69, 9.17) is 21.1 Å². The molecule has 5 nitrogen and oxygen atoms in total. The van der Waals surface area contributed by atoms with Crippen molar-refractivity contribution in [2.75, 3.05) is 13.2 Å². The van der Waals surface area contributed by atoms with Crippen LogP contribution in [0.15, 0.2) is 12.1 Å². The lowest BCUT2D eigenvalue weighted by Crippen LogP contribution is -2.49. The molecule has 0 atom stereocenters. The zero-order valence-corrected chi connectivity index (χ0v) is 13.9. The fourth-order valence-electron chi connectivity index (χ4n) is 3.27. The lowest BCUT2D eigenvalue weighted by atomic mass is 9.83. The Kier molecular flexibility index (Phi) is 3.81. The molecule has 3 rings (SSSR count). The first-order valence-electron chi connectivity index (χ1n) is 7.56. The largest absolute Gasteiger partial charge is 0.444 e. The van der Waals surface area contributed by atoms with Crippen LogP contribution >= 0.6 is 11.6 Å². The van der Waals surface area contributed by atoms with E-state index in [1.54, 1.807) is 11.0 Å². The van der Waals surface area contributed by atoms with Gasteiger partial charge in [0.15, 0.2) is 0 Å². The van der Waals surface area contributed by atoms with Crippen molar-refractivity contribution in [2.45, 2.75) is 51.3 Å². The van der Waals surface area contributed by atoms with Gasteiger partial charge in [0.05, 0.1) is 17.8 Å². The third-order valence-corrected chi connectivity index (χ3v) is 4.41. The minimum atomic E-state index is -0.525. The van der Waals surface area contributed by atoms with Crippen LogP contribution in [0.5, 0.6) is 0 Å². The van der Waals surface area contributed by atoms with Crippen molar-refractivity contribution in [3.8, 4) is 0 Å². The SMILES string of the molecule is CC(C)(C)OC(=O)N1Cc2nc(Cl)ccc2C12CCOCC2. The average molecular weight is 325 g/mol. The molecule has 1 fully saturated rings. The van der Waals surface area contributed by atoms with Gasteiger partial charge in [-0.15, -0.1) is 0 Å². The van der Waals surface area contributed by atoms with E-state index in [9.17, 15) is 4.79 Å². The molecule has 0 saturated carbocycles. The zero-order valence-electron chi connectivity index (χ0n) is 13.2. The fraction of sp³-hybridized carbons (Fsp3) is 0.625. The highest BCUT2D eigenvalue weighted by atomic mass is 35.5. The summed E-state index contributed by atoms with van der Waals surface area (Å²) in [4.78, 5) is 18.9. The van der Waals surface area contributed by atoms with Crippen LogP contribution in [-0.4, -0.2) is 34.8 Å². The summed E-state index contributed by atoms with van der Waals surface area (Å²) in [6, 6.07) is 3.77. The Morgan fingerprint density at radius 3 is 2.68 bits per heavy atom. The molecule has 2 aliphatic heterocycles. The lowest BCUT2D eigenvalue weighted by molar-refractivity contribution is -0.0421. The molecule has 0 aliphatic carbocycles. The van der Waals surface area contributed by atoms with Crippen molar-refractivity contribution < 1.29 is 14.3 Å². The van der Waals surface area contributed by atoms with E-state index in [2.05, 4.69) is 4.98 Å². The first-order chi connectivity index (χ1) is 10.3. The monoisotopic (exact) mass is 324 g/mol. The smallest absolute Gasteiger partial charge is 0.411 e. The van der Waals surface area contributed by atoms with E-state index < -0.39 is 5.60 Å². The van der Waals surface area contributed by atoms with Crippen LogP contribution < -0.4 is 0 Å². The van der Waals surface area contributed by atoms with Crippen LogP contribution in [0, 0.1) is 0 Å². The second-order valence-electron chi connectivity index (χ2n) is 6.84. The Morgan fingerprint density at radius 2 is 2.05 bits per heavy atom. The number of fused-ring (bicyclic) bond motifs is 2. The predicted octanol–water partition coefficient (Wildman–Crippen LogP) is 3.49. The molecule has 0 N–H and O–H groups in total. The third-order valence-electron chi connectivity index (χ3n) is 4.20. The summed E-state index contributed by atoms with van der Waals surface area (Å²) < 4.78 is 11.1. The van der Waals surface area contributed by atoms with Crippen molar-refractivity contribution >= 4 is 17.7 Å². The van der Waals surface area contributed by atoms with Gasteiger partial charge in [0.25, 0.3) is 0 Å². The summed E-state index contributed by atoms with van der Waals surface area (Å²) in [7, 11) is 0. The number of amides is 1. The average Bonchev–Trinajstić information content (AvgIpc) is 2.72. The molecule has 1 aromatic rings. The van der Waals surface area contributed by atoms with E-state index in [1.807, 2.05) is 26.8 Å². The topological polar surface area (TPSA) is 51.7 Å². The fourth-order valence-corrected chi connectivity index (χ4v) is 3.44. The van der Waals surface area contributed by atoms with Crippen LogP contribution in [0.1, 0.15) is 44.9 Å². The van der Waals surface area contributed by atoms with Gasteiger partial charge in [-0.1, -0.05) is 17.7 Å². The van der Waals surface area contributed by atoms with E-state index in [-0.39, 0.29) is 11.6 Å². The quantitative estimate of drug-likeness (QED) is 0.685. The number of aromatic nitrogens is 1. The molecule has 1 saturated heterocycles. The number of nitrogens with zero attached hydrogens (tertiary/aromatic N) is 2. The summed E-state index contributed by atoms with van der Waals surface area (Å²) in [5, 5.41) is 0.451. The van der Waals surface area contributed by atoms with E-state index in [1.165, 1.54) is 0 Å². The van der Waals surface area contributed by atoms with Crippen LogP contribution in [-0.2, 0) is 21.6 Å². The number of carbonyl (C=O) groups excluding carboxylic acids is 1. The Labute approximate surface area is 135 Å². The van der Waals surface area contributed by atoms with Gasteiger partial charge in [-0.2, -0.15) is 0 Å². The zero-order chi connectivity index (χ0) is 16.0. The predicted molar refractivity (Wildman–Crippen MR) is 82.8 cm³/mol. The van der Waals surface area contributed by atoms with E-state index >= 15 is 0 Å². The van der Waals surface area contributed by atoms with Gasteiger partial charge in [0.1, 0.15) is 10.8 Å². The van der Waals surface area contributed by atoms with Crippen LogP contribution in [0.4, 0.5) is 4.79 Å². The highest BCUT2D eigenvalue weighted by molar-refractivity contribution is 6.29. The molecule has 0 aromatic carbocycles. The van der Waals surface area contributed by atoms with Gasteiger partial charge in [0, 0.05) is 18.8 Å². The molecule has 1 aromatic heterocycles. The minimum Gasteiger partial charge on any atom is -0.444 e. The lowest BCUT2D eigenvalue weighted by Gasteiger charge is -2.42. The van der Waals surface area contributed by atoms with Crippen molar-refractivity contribution in [3.05, 3.63) is 28.5 Å².